The summed E-state index contributed by atoms with van der Waals surface area (Å²) in [7, 11) is 0. The van der Waals surface area contributed by atoms with Gasteiger partial charge < -0.3 is 9.32 Å². The van der Waals surface area contributed by atoms with Crippen LogP contribution < -0.4 is 4.90 Å². The first-order chi connectivity index (χ1) is 26.2. The van der Waals surface area contributed by atoms with Crippen molar-refractivity contribution in [3.05, 3.63) is 194 Å². The number of aromatic nitrogens is 1. The number of nitrogens with zero attached hydrogens (tertiary/aromatic N) is 2. The Bertz CT molecular complexity index is 2680. The number of hydrogen-bond donors (Lipinski definition) is 0. The van der Waals surface area contributed by atoms with Gasteiger partial charge in [-0.05, 0) is 123 Å². The molecule has 0 saturated heterocycles. The summed E-state index contributed by atoms with van der Waals surface area (Å²) in [5.41, 5.74) is 11.8. The Kier molecular flexibility index (Phi) is 7.67. The van der Waals surface area contributed by atoms with Crippen LogP contribution in [0.1, 0.15) is 0 Å². The molecule has 0 radical (unpaired) electrons. The van der Waals surface area contributed by atoms with Crippen molar-refractivity contribution in [2.45, 2.75) is 0 Å². The molecule has 0 bridgehead atoms. The molecule has 3 nitrogen and oxygen atoms in total. The van der Waals surface area contributed by atoms with Crippen LogP contribution in [0.15, 0.2) is 199 Å². The fourth-order valence-electron chi connectivity index (χ4n) is 7.12. The molecule has 0 aliphatic heterocycles. The third-order valence-electron chi connectivity index (χ3n) is 9.93. The van der Waals surface area contributed by atoms with Crippen molar-refractivity contribution in [3.63, 3.8) is 0 Å². The summed E-state index contributed by atoms with van der Waals surface area (Å²) >= 11 is 1.83. The van der Waals surface area contributed by atoms with Crippen molar-refractivity contribution in [1.82, 2.24) is 4.98 Å². The third-order valence-corrected chi connectivity index (χ3v) is 11.1. The van der Waals surface area contributed by atoms with Crippen LogP contribution in [-0.4, -0.2) is 4.98 Å². The second-order valence-corrected chi connectivity index (χ2v) is 14.3. The number of thiophene rings is 1. The summed E-state index contributed by atoms with van der Waals surface area (Å²) in [6.45, 7) is 0. The highest BCUT2D eigenvalue weighted by atomic mass is 32.1. The van der Waals surface area contributed by atoms with Crippen molar-refractivity contribution in [3.8, 4) is 44.1 Å². The number of benzene rings is 8. The van der Waals surface area contributed by atoms with E-state index in [0.29, 0.717) is 5.89 Å². The Balaban J connectivity index is 0.975. The standard InChI is InChI=1S/C49H32N2OS/c1-2-8-39-31-40(18-17-33(39)7-1)36-15-13-34(14-16-36)35-19-25-42(26-20-35)51(43-27-21-37(22-28-43)48-32-41-9-3-6-12-47(41)53-48)44-29-23-38(24-30-44)49-50-45-10-4-5-11-46(45)52-49/h1-32H. The smallest absolute Gasteiger partial charge is 0.227 e. The van der Waals surface area contributed by atoms with Crippen molar-refractivity contribution in [2.75, 3.05) is 4.90 Å². The van der Waals surface area contributed by atoms with Crippen molar-refractivity contribution in [1.29, 1.82) is 0 Å². The zero-order valence-electron chi connectivity index (χ0n) is 28.7. The van der Waals surface area contributed by atoms with Gasteiger partial charge in [-0.1, -0.05) is 115 Å². The van der Waals surface area contributed by atoms with Crippen LogP contribution in [-0.2, 0) is 0 Å². The van der Waals surface area contributed by atoms with Crippen LogP contribution in [0.2, 0.25) is 0 Å². The number of oxazole rings is 1. The highest BCUT2D eigenvalue weighted by Crippen LogP contribution is 2.40. The predicted molar refractivity (Wildman–Crippen MR) is 223 cm³/mol. The van der Waals surface area contributed by atoms with Crippen LogP contribution in [0.3, 0.4) is 0 Å². The molecule has 4 heteroatoms. The second kappa shape index (κ2) is 13.1. The van der Waals surface area contributed by atoms with Crippen molar-refractivity contribution in [2.24, 2.45) is 0 Å². The average molecular weight is 697 g/mol. The van der Waals surface area contributed by atoms with E-state index >= 15 is 0 Å². The van der Waals surface area contributed by atoms with Crippen LogP contribution in [0.25, 0.3) is 76.1 Å². The summed E-state index contributed by atoms with van der Waals surface area (Å²) in [6.07, 6.45) is 0. The third kappa shape index (κ3) is 5.95. The Morgan fingerprint density at radius 3 is 1.57 bits per heavy atom. The molecular weight excluding hydrogens is 665 g/mol. The van der Waals surface area contributed by atoms with Gasteiger partial charge in [-0.3, -0.25) is 0 Å². The maximum atomic E-state index is 6.08. The van der Waals surface area contributed by atoms with Crippen LogP contribution in [0.5, 0.6) is 0 Å². The SMILES string of the molecule is c1ccc2cc(-c3ccc(-c4ccc(N(c5ccc(-c6nc7ccccc7o6)cc5)c5ccc(-c6cc7ccccc7s6)cc5)cc4)cc3)ccc2c1. The first-order valence-corrected chi connectivity index (χ1v) is 18.6. The topological polar surface area (TPSA) is 29.3 Å². The zero-order valence-corrected chi connectivity index (χ0v) is 29.5. The van der Waals surface area contributed by atoms with Crippen LogP contribution >= 0.6 is 11.3 Å². The van der Waals surface area contributed by atoms with Gasteiger partial charge in [0, 0.05) is 32.2 Å². The number of anilines is 3. The van der Waals surface area contributed by atoms with Gasteiger partial charge in [-0.2, -0.15) is 0 Å². The molecule has 2 aromatic heterocycles. The normalized spacial score (nSPS) is 11.4. The Labute approximate surface area is 311 Å². The molecule has 2 heterocycles. The predicted octanol–water partition coefficient (Wildman–Crippen LogP) is 14.3. The Morgan fingerprint density at radius 1 is 0.396 bits per heavy atom. The minimum absolute atomic E-state index is 0.618. The highest BCUT2D eigenvalue weighted by Gasteiger charge is 2.16. The van der Waals surface area contributed by atoms with Crippen molar-refractivity contribution >= 4 is 60.4 Å². The van der Waals surface area contributed by atoms with E-state index in [1.54, 1.807) is 0 Å². The van der Waals surface area contributed by atoms with E-state index in [2.05, 4.69) is 175 Å². The number of fused-ring (bicyclic) bond motifs is 3. The highest BCUT2D eigenvalue weighted by molar-refractivity contribution is 7.22. The molecule has 0 unspecified atom stereocenters. The van der Waals surface area contributed by atoms with Gasteiger partial charge in [0.1, 0.15) is 5.52 Å². The molecule has 8 aromatic carbocycles. The van der Waals surface area contributed by atoms with Gasteiger partial charge in [0.2, 0.25) is 5.89 Å². The zero-order chi connectivity index (χ0) is 35.1. The van der Waals surface area contributed by atoms with Crippen molar-refractivity contribution < 1.29 is 4.42 Å². The van der Waals surface area contributed by atoms with Gasteiger partial charge >= 0.3 is 0 Å². The lowest BCUT2D eigenvalue weighted by Gasteiger charge is -2.26. The maximum Gasteiger partial charge on any atom is 0.227 e. The van der Waals surface area contributed by atoms with Crippen LogP contribution in [0.4, 0.5) is 17.1 Å². The van der Waals surface area contributed by atoms with Gasteiger partial charge in [-0.15, -0.1) is 11.3 Å². The molecule has 0 N–H and O–H groups in total. The lowest BCUT2D eigenvalue weighted by molar-refractivity contribution is 0.620. The Hall–Kier alpha value is -6.75. The van der Waals surface area contributed by atoms with E-state index in [4.69, 9.17) is 9.40 Å². The van der Waals surface area contributed by atoms with E-state index in [0.717, 1.165) is 33.7 Å². The monoisotopic (exact) mass is 696 g/mol. The number of hydrogen-bond acceptors (Lipinski definition) is 4. The lowest BCUT2D eigenvalue weighted by Crippen LogP contribution is -2.09. The molecule has 0 aliphatic carbocycles. The number of para-hydroxylation sites is 2. The molecule has 250 valence electrons. The molecule has 0 fully saturated rings. The fraction of sp³-hybridized carbons (Fsp3) is 0. The summed E-state index contributed by atoms with van der Waals surface area (Å²) in [5, 5.41) is 3.79. The molecule has 0 aliphatic rings. The number of rotatable bonds is 7. The second-order valence-electron chi connectivity index (χ2n) is 13.3. The van der Waals surface area contributed by atoms with E-state index in [9.17, 15) is 0 Å². The van der Waals surface area contributed by atoms with E-state index in [1.165, 1.54) is 53.6 Å². The molecule has 0 amide bonds. The first-order valence-electron chi connectivity index (χ1n) is 17.8. The van der Waals surface area contributed by atoms with Gasteiger partial charge in [0.05, 0.1) is 0 Å². The molecule has 0 saturated carbocycles. The van der Waals surface area contributed by atoms with E-state index in [1.807, 2.05) is 35.6 Å². The maximum absolute atomic E-state index is 6.08. The van der Waals surface area contributed by atoms with E-state index < -0.39 is 0 Å². The molecule has 0 spiro atoms. The first kappa shape index (κ1) is 31.0. The molecule has 0 atom stereocenters. The van der Waals surface area contributed by atoms with Gasteiger partial charge in [0.25, 0.3) is 0 Å². The molecular formula is C49H32N2OS. The van der Waals surface area contributed by atoms with Crippen LogP contribution in [0, 0.1) is 0 Å². The molecule has 53 heavy (non-hydrogen) atoms. The minimum atomic E-state index is 0.618. The summed E-state index contributed by atoms with van der Waals surface area (Å²) in [6, 6.07) is 69.0. The van der Waals surface area contributed by atoms with Gasteiger partial charge in [0.15, 0.2) is 5.58 Å². The molecule has 10 aromatic rings. The summed E-state index contributed by atoms with van der Waals surface area (Å²) < 4.78 is 7.38. The van der Waals surface area contributed by atoms with Gasteiger partial charge in [-0.25, -0.2) is 4.98 Å². The summed E-state index contributed by atoms with van der Waals surface area (Å²) in [4.78, 5) is 8.29. The average Bonchev–Trinajstić information content (AvgIpc) is 3.87. The quantitative estimate of drug-likeness (QED) is 0.166. The van der Waals surface area contributed by atoms with E-state index in [-0.39, 0.29) is 0 Å². The lowest BCUT2D eigenvalue weighted by atomic mass is 9.98. The molecule has 10 rings (SSSR count). The summed E-state index contributed by atoms with van der Waals surface area (Å²) in [5.74, 6) is 0.618. The largest absolute Gasteiger partial charge is 0.436 e. The Morgan fingerprint density at radius 2 is 0.906 bits per heavy atom. The fourth-order valence-corrected chi connectivity index (χ4v) is 8.19. The minimum Gasteiger partial charge on any atom is -0.436 e.